The number of nitrogens with zero attached hydrogens (tertiary/aromatic N) is 1. The Morgan fingerprint density at radius 3 is 2.63 bits per heavy atom. The zero-order valence-electron chi connectivity index (χ0n) is 10.6. The van der Waals surface area contributed by atoms with Crippen LogP contribution < -0.4 is 0 Å². The van der Waals surface area contributed by atoms with E-state index in [-0.39, 0.29) is 12.5 Å². The Balaban J connectivity index is 2.06. The van der Waals surface area contributed by atoms with E-state index in [1.165, 1.54) is 4.90 Å². The molecule has 0 aromatic heterocycles. The fourth-order valence-corrected chi connectivity index (χ4v) is 2.15. The Morgan fingerprint density at radius 2 is 2.05 bits per heavy atom. The molecular formula is C14H17NO4. The highest BCUT2D eigenvalue weighted by Gasteiger charge is 2.29. The van der Waals surface area contributed by atoms with Gasteiger partial charge in [0.05, 0.1) is 0 Å². The Morgan fingerprint density at radius 1 is 1.32 bits per heavy atom. The topological polar surface area (TPSA) is 66.8 Å². The van der Waals surface area contributed by atoms with Gasteiger partial charge >= 0.3 is 5.97 Å². The van der Waals surface area contributed by atoms with E-state index in [9.17, 15) is 9.59 Å². The molecule has 1 saturated heterocycles. The maximum Gasteiger partial charge on any atom is 0.323 e. The smallest absolute Gasteiger partial charge is 0.323 e. The highest BCUT2D eigenvalue weighted by atomic mass is 16.5. The highest BCUT2D eigenvalue weighted by molar-refractivity contribution is 5.84. The molecule has 1 amide bonds. The van der Waals surface area contributed by atoms with Crippen LogP contribution in [-0.2, 0) is 20.9 Å². The first-order chi connectivity index (χ1) is 9.16. The third-order valence-corrected chi connectivity index (χ3v) is 3.06. The standard InChI is InChI=1S/C14H17NO4/c16-13(17)10-15(9-11-5-2-1-3-6-11)14(18)12-7-4-8-19-12/h1-3,5-6,12H,4,7-10H2,(H,16,17)/t12-/m0/s1. The summed E-state index contributed by atoms with van der Waals surface area (Å²) in [6.45, 7) is 0.572. The number of aliphatic carboxylic acids is 1. The first kappa shape index (κ1) is 13.5. The average molecular weight is 263 g/mol. The Kier molecular flexibility index (Phi) is 4.52. The molecule has 5 nitrogen and oxygen atoms in total. The van der Waals surface area contributed by atoms with E-state index in [1.54, 1.807) is 0 Å². The molecular weight excluding hydrogens is 246 g/mol. The van der Waals surface area contributed by atoms with Crippen LogP contribution in [-0.4, -0.2) is 41.1 Å². The van der Waals surface area contributed by atoms with Crippen molar-refractivity contribution < 1.29 is 19.4 Å². The highest BCUT2D eigenvalue weighted by Crippen LogP contribution is 2.16. The van der Waals surface area contributed by atoms with Crippen molar-refractivity contribution in [3.63, 3.8) is 0 Å². The van der Waals surface area contributed by atoms with Gasteiger partial charge in [0.2, 0.25) is 0 Å². The minimum absolute atomic E-state index is 0.233. The lowest BCUT2D eigenvalue weighted by molar-refractivity contribution is -0.149. The van der Waals surface area contributed by atoms with Crippen molar-refractivity contribution in [2.24, 2.45) is 0 Å². The maximum atomic E-state index is 12.2. The van der Waals surface area contributed by atoms with Crippen LogP contribution in [0.1, 0.15) is 18.4 Å². The summed E-state index contributed by atoms with van der Waals surface area (Å²) in [7, 11) is 0. The largest absolute Gasteiger partial charge is 0.480 e. The number of amides is 1. The van der Waals surface area contributed by atoms with Crippen LogP contribution in [0.2, 0.25) is 0 Å². The Bertz CT molecular complexity index is 440. The fourth-order valence-electron chi connectivity index (χ4n) is 2.15. The molecule has 0 radical (unpaired) electrons. The zero-order chi connectivity index (χ0) is 13.7. The lowest BCUT2D eigenvalue weighted by Gasteiger charge is -2.23. The van der Waals surface area contributed by atoms with Crippen LogP contribution in [0.4, 0.5) is 0 Å². The lowest BCUT2D eigenvalue weighted by Crippen LogP contribution is -2.41. The van der Waals surface area contributed by atoms with Crippen LogP contribution in [0.5, 0.6) is 0 Å². The predicted molar refractivity (Wildman–Crippen MR) is 68.5 cm³/mol. The van der Waals surface area contributed by atoms with Crippen molar-refractivity contribution in [1.82, 2.24) is 4.90 Å². The number of hydrogen-bond acceptors (Lipinski definition) is 3. The second-order valence-electron chi connectivity index (χ2n) is 4.58. The normalized spacial score (nSPS) is 18.2. The fraction of sp³-hybridized carbons (Fsp3) is 0.429. The van der Waals surface area contributed by atoms with Gasteiger partial charge in [0.1, 0.15) is 12.6 Å². The van der Waals surface area contributed by atoms with Gasteiger partial charge in [-0.3, -0.25) is 9.59 Å². The quantitative estimate of drug-likeness (QED) is 0.869. The molecule has 1 aliphatic heterocycles. The number of benzene rings is 1. The number of carboxylic acids is 1. The third-order valence-electron chi connectivity index (χ3n) is 3.06. The van der Waals surface area contributed by atoms with Gasteiger partial charge in [0.25, 0.3) is 5.91 Å². The van der Waals surface area contributed by atoms with Crippen molar-refractivity contribution in [2.75, 3.05) is 13.2 Å². The van der Waals surface area contributed by atoms with Gasteiger partial charge in [0, 0.05) is 13.2 Å². The third kappa shape index (κ3) is 3.79. The molecule has 19 heavy (non-hydrogen) atoms. The SMILES string of the molecule is O=C(O)CN(Cc1ccccc1)C(=O)[C@@H]1CCCO1. The summed E-state index contributed by atoms with van der Waals surface area (Å²) in [6.07, 6.45) is 1.04. The minimum atomic E-state index is -1.01. The van der Waals surface area contributed by atoms with Crippen molar-refractivity contribution in [2.45, 2.75) is 25.5 Å². The molecule has 1 aromatic rings. The molecule has 0 unspecified atom stereocenters. The van der Waals surface area contributed by atoms with Gasteiger partial charge < -0.3 is 14.7 Å². The summed E-state index contributed by atoms with van der Waals surface area (Å²) in [5.41, 5.74) is 0.912. The van der Waals surface area contributed by atoms with Crippen LogP contribution in [0.15, 0.2) is 30.3 Å². The van der Waals surface area contributed by atoms with E-state index in [4.69, 9.17) is 9.84 Å². The average Bonchev–Trinajstić information content (AvgIpc) is 2.91. The minimum Gasteiger partial charge on any atom is -0.480 e. The molecule has 1 fully saturated rings. The number of carbonyl (C=O) groups excluding carboxylic acids is 1. The van der Waals surface area contributed by atoms with Crippen LogP contribution in [0.3, 0.4) is 0 Å². The molecule has 5 heteroatoms. The van der Waals surface area contributed by atoms with Crippen LogP contribution in [0, 0.1) is 0 Å². The summed E-state index contributed by atoms with van der Waals surface area (Å²) >= 11 is 0. The molecule has 1 heterocycles. The molecule has 102 valence electrons. The number of ether oxygens (including phenoxy) is 1. The molecule has 0 spiro atoms. The van der Waals surface area contributed by atoms with Gasteiger partial charge in [-0.2, -0.15) is 0 Å². The molecule has 0 saturated carbocycles. The molecule has 1 aliphatic rings. The van der Waals surface area contributed by atoms with Crippen molar-refractivity contribution >= 4 is 11.9 Å². The zero-order valence-corrected chi connectivity index (χ0v) is 10.6. The molecule has 2 rings (SSSR count). The van der Waals surface area contributed by atoms with Crippen molar-refractivity contribution in [3.8, 4) is 0 Å². The first-order valence-electron chi connectivity index (χ1n) is 6.33. The van der Waals surface area contributed by atoms with Gasteiger partial charge in [-0.1, -0.05) is 30.3 Å². The second kappa shape index (κ2) is 6.33. The van der Waals surface area contributed by atoms with E-state index < -0.39 is 12.1 Å². The molecule has 0 bridgehead atoms. The number of hydrogen-bond donors (Lipinski definition) is 1. The first-order valence-corrected chi connectivity index (χ1v) is 6.33. The van der Waals surface area contributed by atoms with Crippen LogP contribution >= 0.6 is 0 Å². The second-order valence-corrected chi connectivity index (χ2v) is 4.58. The monoisotopic (exact) mass is 263 g/mol. The molecule has 1 N–H and O–H groups in total. The van der Waals surface area contributed by atoms with E-state index in [0.717, 1.165) is 12.0 Å². The number of carboxylic acid groups (broad SMARTS) is 1. The van der Waals surface area contributed by atoms with Crippen molar-refractivity contribution in [1.29, 1.82) is 0 Å². The van der Waals surface area contributed by atoms with E-state index in [0.29, 0.717) is 19.6 Å². The van der Waals surface area contributed by atoms with Gasteiger partial charge in [0.15, 0.2) is 0 Å². The summed E-state index contributed by atoms with van der Waals surface area (Å²) in [5.74, 6) is -1.24. The molecule has 1 aromatic carbocycles. The van der Waals surface area contributed by atoms with E-state index in [1.807, 2.05) is 30.3 Å². The number of rotatable bonds is 5. The predicted octanol–water partition coefficient (Wildman–Crippen LogP) is 1.28. The van der Waals surface area contributed by atoms with Crippen molar-refractivity contribution in [3.05, 3.63) is 35.9 Å². The van der Waals surface area contributed by atoms with Crippen LogP contribution in [0.25, 0.3) is 0 Å². The molecule has 1 atom stereocenters. The van der Waals surface area contributed by atoms with Gasteiger partial charge in [-0.05, 0) is 18.4 Å². The summed E-state index contributed by atoms with van der Waals surface area (Å²) < 4.78 is 5.33. The Labute approximate surface area is 111 Å². The van der Waals surface area contributed by atoms with Gasteiger partial charge in [-0.15, -0.1) is 0 Å². The summed E-state index contributed by atoms with van der Waals surface area (Å²) in [5, 5.41) is 8.92. The molecule has 0 aliphatic carbocycles. The van der Waals surface area contributed by atoms with E-state index >= 15 is 0 Å². The lowest BCUT2D eigenvalue weighted by atomic mass is 10.1. The summed E-state index contributed by atoms with van der Waals surface area (Å²) in [6, 6.07) is 9.36. The summed E-state index contributed by atoms with van der Waals surface area (Å²) in [4.78, 5) is 24.4. The van der Waals surface area contributed by atoms with Gasteiger partial charge in [-0.25, -0.2) is 0 Å². The maximum absolute atomic E-state index is 12.2. The Hall–Kier alpha value is -1.88. The van der Waals surface area contributed by atoms with E-state index in [2.05, 4.69) is 0 Å². The number of carbonyl (C=O) groups is 2.